The fraction of sp³-hybridized carbons (Fsp3) is 0.632. The molecule has 1 saturated carbocycles. The van der Waals surface area contributed by atoms with Gasteiger partial charge in [-0.3, -0.25) is 4.79 Å². The predicted molar refractivity (Wildman–Crippen MR) is 89.8 cm³/mol. The Kier molecular flexibility index (Phi) is 7.03. The second-order valence-electron chi connectivity index (χ2n) is 6.57. The van der Waals surface area contributed by atoms with E-state index in [1.54, 1.807) is 12.1 Å². The molecule has 0 saturated heterocycles. The fourth-order valence-corrected chi connectivity index (χ4v) is 3.15. The molecular formula is C19H28FNO2. The van der Waals surface area contributed by atoms with E-state index in [1.165, 1.54) is 25.0 Å². The number of ether oxygens (including phenoxy) is 1. The number of amides is 1. The largest absolute Gasteiger partial charge is 0.378 e. The topological polar surface area (TPSA) is 29.5 Å². The Balaban J connectivity index is 1.90. The molecule has 1 aromatic rings. The van der Waals surface area contributed by atoms with Crippen LogP contribution >= 0.6 is 0 Å². The number of rotatable bonds is 8. The van der Waals surface area contributed by atoms with Crippen molar-refractivity contribution < 1.29 is 13.9 Å². The Bertz CT molecular complexity index is 481. The van der Waals surface area contributed by atoms with Crippen LogP contribution < -0.4 is 0 Å². The normalized spacial score (nSPS) is 15.3. The van der Waals surface area contributed by atoms with Crippen molar-refractivity contribution in [1.29, 1.82) is 0 Å². The second-order valence-corrected chi connectivity index (χ2v) is 6.57. The van der Waals surface area contributed by atoms with Crippen molar-refractivity contribution in [2.75, 3.05) is 13.2 Å². The van der Waals surface area contributed by atoms with Crippen LogP contribution in [0, 0.1) is 5.82 Å². The monoisotopic (exact) mass is 321 g/mol. The van der Waals surface area contributed by atoms with Crippen molar-refractivity contribution in [2.45, 2.75) is 64.5 Å². The first-order chi connectivity index (χ1) is 11.1. The molecular weight excluding hydrogens is 293 g/mol. The van der Waals surface area contributed by atoms with Crippen molar-refractivity contribution in [2.24, 2.45) is 0 Å². The summed E-state index contributed by atoms with van der Waals surface area (Å²) in [6.07, 6.45) is 5.97. The summed E-state index contributed by atoms with van der Waals surface area (Å²) in [5.74, 6) is -0.0389. The molecule has 0 spiro atoms. The molecule has 3 nitrogen and oxygen atoms in total. The van der Waals surface area contributed by atoms with Gasteiger partial charge in [0.25, 0.3) is 0 Å². The molecule has 1 amide bonds. The Morgan fingerprint density at radius 3 is 2.52 bits per heavy atom. The van der Waals surface area contributed by atoms with Crippen LogP contribution in [0.3, 0.4) is 0 Å². The zero-order valence-corrected chi connectivity index (χ0v) is 14.3. The van der Waals surface area contributed by atoms with Crippen LogP contribution in [0.15, 0.2) is 24.3 Å². The van der Waals surface area contributed by atoms with Crippen molar-refractivity contribution in [3.63, 3.8) is 0 Å². The lowest BCUT2D eigenvalue weighted by atomic mass is 10.1. The van der Waals surface area contributed by atoms with Crippen LogP contribution in [0.2, 0.25) is 0 Å². The molecule has 0 unspecified atom stereocenters. The summed E-state index contributed by atoms with van der Waals surface area (Å²) in [4.78, 5) is 14.6. The number of nitrogens with zero attached hydrogens (tertiary/aromatic N) is 1. The summed E-state index contributed by atoms with van der Waals surface area (Å²) in [5.41, 5.74) is 1.07. The fourth-order valence-electron chi connectivity index (χ4n) is 3.15. The van der Waals surface area contributed by atoms with E-state index in [9.17, 15) is 9.18 Å². The number of benzene rings is 1. The van der Waals surface area contributed by atoms with Gasteiger partial charge >= 0.3 is 0 Å². The van der Waals surface area contributed by atoms with Crippen molar-refractivity contribution >= 4 is 5.91 Å². The zero-order valence-electron chi connectivity index (χ0n) is 14.3. The molecule has 1 aliphatic rings. The molecule has 0 bridgehead atoms. The van der Waals surface area contributed by atoms with E-state index >= 15 is 0 Å². The first-order valence-electron chi connectivity index (χ1n) is 8.72. The maximum atomic E-state index is 13.0. The van der Waals surface area contributed by atoms with Crippen LogP contribution in [0.5, 0.6) is 0 Å². The van der Waals surface area contributed by atoms with E-state index < -0.39 is 0 Å². The summed E-state index contributed by atoms with van der Waals surface area (Å²) >= 11 is 0. The van der Waals surface area contributed by atoms with E-state index in [4.69, 9.17) is 4.74 Å². The van der Waals surface area contributed by atoms with E-state index in [1.807, 2.05) is 18.7 Å². The molecule has 1 fully saturated rings. The smallest absolute Gasteiger partial charge is 0.225 e. The maximum absolute atomic E-state index is 13.0. The Morgan fingerprint density at radius 2 is 1.91 bits per heavy atom. The van der Waals surface area contributed by atoms with Gasteiger partial charge in [0, 0.05) is 12.6 Å². The SMILES string of the molecule is CC(C)OCCC(=O)N(CCc1ccc(F)cc1)C1CCCC1. The van der Waals surface area contributed by atoms with Crippen molar-refractivity contribution in [1.82, 2.24) is 4.90 Å². The second kappa shape index (κ2) is 9.02. The standard InChI is InChI=1S/C19H28FNO2/c1-15(2)23-14-12-19(22)21(18-5-3-4-6-18)13-11-16-7-9-17(20)10-8-16/h7-10,15,18H,3-6,11-14H2,1-2H3. The van der Waals surface area contributed by atoms with Crippen LogP contribution in [-0.4, -0.2) is 36.1 Å². The first-order valence-corrected chi connectivity index (χ1v) is 8.72. The maximum Gasteiger partial charge on any atom is 0.225 e. The molecule has 128 valence electrons. The van der Waals surface area contributed by atoms with E-state index in [2.05, 4.69) is 0 Å². The average molecular weight is 321 g/mol. The third kappa shape index (κ3) is 5.94. The number of hydrogen-bond donors (Lipinski definition) is 0. The van der Waals surface area contributed by atoms with Crippen LogP contribution in [-0.2, 0) is 16.0 Å². The van der Waals surface area contributed by atoms with Gasteiger partial charge in [0.15, 0.2) is 0 Å². The van der Waals surface area contributed by atoms with Crippen molar-refractivity contribution in [3.05, 3.63) is 35.6 Å². The lowest BCUT2D eigenvalue weighted by Gasteiger charge is -2.29. The first kappa shape index (κ1) is 17.9. The summed E-state index contributed by atoms with van der Waals surface area (Å²) in [6, 6.07) is 6.92. The van der Waals surface area contributed by atoms with Gasteiger partial charge in [-0.15, -0.1) is 0 Å². The van der Waals surface area contributed by atoms with E-state index in [0.29, 0.717) is 25.6 Å². The van der Waals surface area contributed by atoms with Gasteiger partial charge in [-0.1, -0.05) is 25.0 Å². The highest BCUT2D eigenvalue weighted by Gasteiger charge is 2.26. The highest BCUT2D eigenvalue weighted by Crippen LogP contribution is 2.24. The molecule has 0 atom stereocenters. The molecule has 0 N–H and O–H groups in total. The minimum absolute atomic E-state index is 0.155. The van der Waals surface area contributed by atoms with Gasteiger partial charge in [0.2, 0.25) is 5.91 Å². The molecule has 0 aromatic heterocycles. The van der Waals surface area contributed by atoms with E-state index in [-0.39, 0.29) is 17.8 Å². The van der Waals surface area contributed by atoms with Crippen molar-refractivity contribution in [3.8, 4) is 0 Å². The Hall–Kier alpha value is -1.42. The molecule has 0 heterocycles. The Morgan fingerprint density at radius 1 is 1.26 bits per heavy atom. The van der Waals surface area contributed by atoms with Crippen LogP contribution in [0.1, 0.15) is 51.5 Å². The van der Waals surface area contributed by atoms with E-state index in [0.717, 1.165) is 24.8 Å². The lowest BCUT2D eigenvalue weighted by Crippen LogP contribution is -2.40. The average Bonchev–Trinajstić information content (AvgIpc) is 3.03. The van der Waals surface area contributed by atoms with Gasteiger partial charge < -0.3 is 9.64 Å². The van der Waals surface area contributed by atoms with Gasteiger partial charge in [-0.05, 0) is 50.8 Å². The molecule has 0 radical (unpaired) electrons. The third-order valence-corrected chi connectivity index (χ3v) is 4.41. The van der Waals surface area contributed by atoms with Crippen LogP contribution in [0.4, 0.5) is 4.39 Å². The molecule has 23 heavy (non-hydrogen) atoms. The van der Waals surface area contributed by atoms with Gasteiger partial charge in [0.05, 0.1) is 19.1 Å². The lowest BCUT2D eigenvalue weighted by molar-refractivity contribution is -0.134. The predicted octanol–water partition coefficient (Wildman–Crippen LogP) is 3.95. The number of carbonyl (C=O) groups is 1. The summed E-state index contributed by atoms with van der Waals surface area (Å²) in [7, 11) is 0. The summed E-state index contributed by atoms with van der Waals surface area (Å²) in [6.45, 7) is 5.15. The molecule has 2 rings (SSSR count). The summed E-state index contributed by atoms with van der Waals surface area (Å²) < 4.78 is 18.5. The highest BCUT2D eigenvalue weighted by atomic mass is 19.1. The van der Waals surface area contributed by atoms with Gasteiger partial charge in [-0.25, -0.2) is 4.39 Å². The summed E-state index contributed by atoms with van der Waals surface area (Å²) in [5, 5.41) is 0. The minimum atomic E-state index is -0.219. The molecule has 0 aliphatic heterocycles. The van der Waals surface area contributed by atoms with Gasteiger partial charge in [-0.2, -0.15) is 0 Å². The molecule has 4 heteroatoms. The third-order valence-electron chi connectivity index (χ3n) is 4.41. The number of halogens is 1. The Labute approximate surface area is 138 Å². The zero-order chi connectivity index (χ0) is 16.7. The minimum Gasteiger partial charge on any atom is -0.378 e. The van der Waals surface area contributed by atoms with Gasteiger partial charge in [0.1, 0.15) is 5.82 Å². The van der Waals surface area contributed by atoms with Crippen LogP contribution in [0.25, 0.3) is 0 Å². The molecule has 1 aromatic carbocycles. The number of hydrogen-bond acceptors (Lipinski definition) is 2. The quantitative estimate of drug-likeness (QED) is 0.725. The highest BCUT2D eigenvalue weighted by molar-refractivity contribution is 5.76. The number of carbonyl (C=O) groups excluding carboxylic acids is 1. The molecule has 1 aliphatic carbocycles.